The van der Waals surface area contributed by atoms with Crippen molar-refractivity contribution in [1.29, 1.82) is 0 Å². The van der Waals surface area contributed by atoms with Gasteiger partial charge in [-0.05, 0) is 25.0 Å². The van der Waals surface area contributed by atoms with E-state index in [0.29, 0.717) is 24.2 Å². The highest BCUT2D eigenvalue weighted by Crippen LogP contribution is 2.19. The number of hydrogen-bond acceptors (Lipinski definition) is 6. The number of nitrogens with one attached hydrogen (secondary N) is 2. The molecule has 2 N–H and O–H groups in total. The summed E-state index contributed by atoms with van der Waals surface area (Å²) in [4.78, 5) is 44.5. The van der Waals surface area contributed by atoms with E-state index in [1.807, 2.05) is 0 Å². The van der Waals surface area contributed by atoms with Crippen LogP contribution in [-0.4, -0.2) is 21.7 Å². The lowest BCUT2D eigenvalue weighted by Crippen LogP contribution is -2.11. The second-order valence-corrected chi connectivity index (χ2v) is 8.04. The highest BCUT2D eigenvalue weighted by atomic mass is 16.6. The monoisotopic (exact) mass is 470 g/mol. The van der Waals surface area contributed by atoms with E-state index < -0.39 is 9.85 Å². The van der Waals surface area contributed by atoms with Gasteiger partial charge in [-0.1, -0.05) is 50.7 Å². The second-order valence-electron chi connectivity index (χ2n) is 8.04. The molecule has 182 valence electrons. The highest BCUT2D eigenvalue weighted by molar-refractivity contribution is 5.91. The Kier molecular flexibility index (Phi) is 11.2. The summed E-state index contributed by atoms with van der Waals surface area (Å²) in [6, 6.07) is 11.8. The fraction of sp³-hybridized carbons (Fsp3) is 0.417. The van der Waals surface area contributed by atoms with Gasteiger partial charge >= 0.3 is 0 Å². The number of amides is 2. The summed E-state index contributed by atoms with van der Waals surface area (Å²) in [6.07, 6.45) is 8.33. The molecular formula is C24H30N4O6. The zero-order chi connectivity index (χ0) is 24.8. The Labute approximate surface area is 198 Å². The normalized spacial score (nSPS) is 10.5. The van der Waals surface area contributed by atoms with Crippen molar-refractivity contribution in [2.75, 3.05) is 10.6 Å². The largest absolute Gasteiger partial charge is 0.326 e. The molecule has 0 bridgehead atoms. The number of non-ortho nitro benzene ring substituents is 2. The summed E-state index contributed by atoms with van der Waals surface area (Å²) in [5, 5.41) is 26.9. The van der Waals surface area contributed by atoms with Gasteiger partial charge in [0, 0.05) is 48.5 Å². The van der Waals surface area contributed by atoms with Crippen molar-refractivity contribution < 1.29 is 19.4 Å². The van der Waals surface area contributed by atoms with Gasteiger partial charge in [-0.25, -0.2) is 0 Å². The summed E-state index contributed by atoms with van der Waals surface area (Å²) < 4.78 is 0. The number of nitrogens with zero attached hydrogens (tertiary/aromatic N) is 2. The molecule has 34 heavy (non-hydrogen) atoms. The zero-order valence-corrected chi connectivity index (χ0v) is 19.0. The minimum Gasteiger partial charge on any atom is -0.326 e. The summed E-state index contributed by atoms with van der Waals surface area (Å²) >= 11 is 0. The number of carbonyl (C=O) groups is 2. The number of benzene rings is 2. The predicted molar refractivity (Wildman–Crippen MR) is 130 cm³/mol. The molecule has 0 saturated carbocycles. The SMILES string of the molecule is O=C(CCCCCCCCCCC(=O)Nc1cccc([N+](=O)[O-])c1)Nc1cccc([N+](=O)[O-])c1. The van der Waals surface area contributed by atoms with E-state index in [1.165, 1.54) is 36.4 Å². The van der Waals surface area contributed by atoms with Crippen LogP contribution in [0.3, 0.4) is 0 Å². The Morgan fingerprint density at radius 3 is 1.32 bits per heavy atom. The van der Waals surface area contributed by atoms with Crippen molar-refractivity contribution >= 4 is 34.6 Å². The molecule has 0 atom stereocenters. The van der Waals surface area contributed by atoms with Gasteiger partial charge in [0.05, 0.1) is 9.85 Å². The number of nitro benzene ring substituents is 2. The number of unbranched alkanes of at least 4 members (excludes halogenated alkanes) is 7. The van der Waals surface area contributed by atoms with Crippen LogP contribution in [0.5, 0.6) is 0 Å². The molecule has 0 fully saturated rings. The molecule has 0 aromatic heterocycles. The van der Waals surface area contributed by atoms with Crippen LogP contribution in [0, 0.1) is 20.2 Å². The van der Waals surface area contributed by atoms with Gasteiger partial charge < -0.3 is 10.6 Å². The first-order valence-corrected chi connectivity index (χ1v) is 11.4. The zero-order valence-electron chi connectivity index (χ0n) is 19.0. The van der Waals surface area contributed by atoms with E-state index >= 15 is 0 Å². The molecular weight excluding hydrogens is 440 g/mol. The molecule has 0 radical (unpaired) electrons. The van der Waals surface area contributed by atoms with Gasteiger partial charge in [0.2, 0.25) is 11.8 Å². The molecule has 10 nitrogen and oxygen atoms in total. The maximum atomic E-state index is 12.0. The van der Waals surface area contributed by atoms with Crippen LogP contribution in [0.4, 0.5) is 22.7 Å². The highest BCUT2D eigenvalue weighted by Gasteiger charge is 2.09. The Hall–Kier alpha value is -3.82. The lowest BCUT2D eigenvalue weighted by Gasteiger charge is -2.06. The van der Waals surface area contributed by atoms with Crippen LogP contribution in [0.1, 0.15) is 64.2 Å². The number of anilines is 2. The number of hydrogen-bond donors (Lipinski definition) is 2. The number of carbonyl (C=O) groups excluding carboxylic acids is 2. The Balaban J connectivity index is 1.47. The van der Waals surface area contributed by atoms with E-state index in [-0.39, 0.29) is 23.2 Å². The standard InChI is InChI=1S/C24H30N4O6/c29-23(25-19-11-9-13-21(17-19)27(31)32)15-7-5-3-1-2-4-6-8-16-24(30)26-20-12-10-14-22(18-20)28(33)34/h9-14,17-18H,1-8,15-16H2,(H,25,29)(H,26,30). The maximum Gasteiger partial charge on any atom is 0.271 e. The van der Waals surface area contributed by atoms with Crippen molar-refractivity contribution in [1.82, 2.24) is 0 Å². The molecule has 2 rings (SSSR count). The van der Waals surface area contributed by atoms with Gasteiger partial charge in [-0.2, -0.15) is 0 Å². The molecule has 2 aromatic rings. The van der Waals surface area contributed by atoms with Crippen LogP contribution in [0.25, 0.3) is 0 Å². The first-order chi connectivity index (χ1) is 16.3. The van der Waals surface area contributed by atoms with E-state index in [0.717, 1.165) is 51.4 Å². The minimum atomic E-state index is -0.495. The maximum absolute atomic E-state index is 12.0. The molecule has 2 aromatic carbocycles. The Morgan fingerprint density at radius 2 is 0.971 bits per heavy atom. The third-order valence-corrected chi connectivity index (χ3v) is 5.24. The average molecular weight is 471 g/mol. The smallest absolute Gasteiger partial charge is 0.271 e. The van der Waals surface area contributed by atoms with Crippen LogP contribution in [0.2, 0.25) is 0 Å². The molecule has 10 heteroatoms. The molecule has 0 aliphatic rings. The van der Waals surface area contributed by atoms with Crippen molar-refractivity contribution in [3.63, 3.8) is 0 Å². The lowest BCUT2D eigenvalue weighted by atomic mass is 10.1. The predicted octanol–water partition coefficient (Wildman–Crippen LogP) is 5.98. The number of nitro groups is 2. The first-order valence-electron chi connectivity index (χ1n) is 11.4. The van der Waals surface area contributed by atoms with Crippen molar-refractivity contribution in [2.45, 2.75) is 64.2 Å². The summed E-state index contributed by atoms with van der Waals surface area (Å²) in [5.41, 5.74) is 0.748. The third-order valence-electron chi connectivity index (χ3n) is 5.24. The van der Waals surface area contributed by atoms with Crippen molar-refractivity contribution in [2.24, 2.45) is 0 Å². The minimum absolute atomic E-state index is 0.0547. The average Bonchev–Trinajstić information content (AvgIpc) is 2.80. The molecule has 0 aliphatic heterocycles. The van der Waals surface area contributed by atoms with E-state index in [4.69, 9.17) is 0 Å². The topological polar surface area (TPSA) is 144 Å². The molecule has 0 saturated heterocycles. The van der Waals surface area contributed by atoms with Crippen LogP contribution in [-0.2, 0) is 9.59 Å². The lowest BCUT2D eigenvalue weighted by molar-refractivity contribution is -0.385. The Bertz CT molecular complexity index is 915. The van der Waals surface area contributed by atoms with Gasteiger partial charge in [-0.15, -0.1) is 0 Å². The summed E-state index contributed by atoms with van der Waals surface area (Å²) in [7, 11) is 0. The van der Waals surface area contributed by atoms with E-state index in [2.05, 4.69) is 10.6 Å². The van der Waals surface area contributed by atoms with Crippen LogP contribution >= 0.6 is 0 Å². The van der Waals surface area contributed by atoms with Crippen molar-refractivity contribution in [3.8, 4) is 0 Å². The molecule has 2 amide bonds. The molecule has 0 spiro atoms. The molecule has 0 aliphatic carbocycles. The first kappa shape index (κ1) is 26.4. The van der Waals surface area contributed by atoms with Gasteiger partial charge in [0.15, 0.2) is 0 Å². The van der Waals surface area contributed by atoms with Crippen LogP contribution in [0.15, 0.2) is 48.5 Å². The number of rotatable bonds is 15. The van der Waals surface area contributed by atoms with Gasteiger partial charge in [0.25, 0.3) is 11.4 Å². The van der Waals surface area contributed by atoms with Gasteiger partial charge in [-0.3, -0.25) is 29.8 Å². The van der Waals surface area contributed by atoms with E-state index in [9.17, 15) is 29.8 Å². The Morgan fingerprint density at radius 1 is 0.618 bits per heavy atom. The van der Waals surface area contributed by atoms with Crippen molar-refractivity contribution in [3.05, 3.63) is 68.8 Å². The molecule has 0 heterocycles. The fourth-order valence-corrected chi connectivity index (χ4v) is 3.47. The summed E-state index contributed by atoms with van der Waals surface area (Å²) in [5.74, 6) is -0.298. The fourth-order valence-electron chi connectivity index (χ4n) is 3.47. The molecule has 0 unspecified atom stereocenters. The van der Waals surface area contributed by atoms with Crippen LogP contribution < -0.4 is 10.6 Å². The second kappa shape index (κ2) is 14.4. The van der Waals surface area contributed by atoms with Gasteiger partial charge in [0.1, 0.15) is 0 Å². The summed E-state index contributed by atoms with van der Waals surface area (Å²) in [6.45, 7) is 0. The van der Waals surface area contributed by atoms with E-state index in [1.54, 1.807) is 12.1 Å². The third kappa shape index (κ3) is 10.2. The quantitative estimate of drug-likeness (QED) is 0.186.